The van der Waals surface area contributed by atoms with Crippen LogP contribution in [0.4, 0.5) is 5.69 Å². The third-order valence-corrected chi connectivity index (χ3v) is 4.64. The number of nitrogens with two attached hydrogens (primary N) is 1. The van der Waals surface area contributed by atoms with Crippen molar-refractivity contribution in [1.82, 2.24) is 10.3 Å². The van der Waals surface area contributed by atoms with Gasteiger partial charge in [0, 0.05) is 22.6 Å². The van der Waals surface area contributed by atoms with E-state index in [1.165, 1.54) is 12.8 Å². The number of nitrogen functional groups attached to an aromatic ring is 1. The van der Waals surface area contributed by atoms with Gasteiger partial charge in [-0.3, -0.25) is 4.79 Å². The maximum atomic E-state index is 12.4. The first-order chi connectivity index (χ1) is 10.0. The summed E-state index contributed by atoms with van der Waals surface area (Å²) in [4.78, 5) is 15.6. The molecule has 1 aromatic heterocycles. The highest BCUT2D eigenvalue weighted by Gasteiger charge is 2.27. The molecular formula is C17H23N3O. The van der Waals surface area contributed by atoms with Crippen LogP contribution in [-0.4, -0.2) is 16.9 Å². The smallest absolute Gasteiger partial charge is 0.267 e. The molecule has 0 aliphatic heterocycles. The SMILES string of the molecule is CC1CCC(NC(=O)c2cc3cc(N)ccc3[nH]2)C(C)C1. The normalized spacial score (nSPS) is 25.9. The summed E-state index contributed by atoms with van der Waals surface area (Å²) in [5.41, 5.74) is 8.04. The van der Waals surface area contributed by atoms with Crippen molar-refractivity contribution in [3.8, 4) is 0 Å². The van der Waals surface area contributed by atoms with E-state index in [1.54, 1.807) is 0 Å². The lowest BCUT2D eigenvalue weighted by Gasteiger charge is -2.33. The first kappa shape index (κ1) is 14.0. The molecule has 3 rings (SSSR count). The molecule has 1 aliphatic carbocycles. The second-order valence-corrected chi connectivity index (χ2v) is 6.51. The fourth-order valence-corrected chi connectivity index (χ4v) is 3.40. The number of amides is 1. The molecule has 4 N–H and O–H groups in total. The molecule has 0 spiro atoms. The van der Waals surface area contributed by atoms with Crippen molar-refractivity contribution in [2.45, 2.75) is 39.2 Å². The van der Waals surface area contributed by atoms with Gasteiger partial charge >= 0.3 is 0 Å². The van der Waals surface area contributed by atoms with Gasteiger partial charge in [0.2, 0.25) is 0 Å². The Balaban J connectivity index is 1.74. The fourth-order valence-electron chi connectivity index (χ4n) is 3.40. The first-order valence-electron chi connectivity index (χ1n) is 7.72. The van der Waals surface area contributed by atoms with Crippen molar-refractivity contribution >= 4 is 22.5 Å². The van der Waals surface area contributed by atoms with Gasteiger partial charge in [0.25, 0.3) is 5.91 Å². The van der Waals surface area contributed by atoms with Crippen LogP contribution in [0.2, 0.25) is 0 Å². The number of benzene rings is 1. The summed E-state index contributed by atoms with van der Waals surface area (Å²) in [6.07, 6.45) is 3.45. The lowest BCUT2D eigenvalue weighted by molar-refractivity contribution is 0.0895. The quantitative estimate of drug-likeness (QED) is 0.741. The van der Waals surface area contributed by atoms with E-state index in [0.717, 1.165) is 23.2 Å². The van der Waals surface area contributed by atoms with E-state index >= 15 is 0 Å². The summed E-state index contributed by atoms with van der Waals surface area (Å²) in [6.45, 7) is 4.52. The maximum absolute atomic E-state index is 12.4. The van der Waals surface area contributed by atoms with Gasteiger partial charge in [-0.25, -0.2) is 0 Å². The van der Waals surface area contributed by atoms with E-state index in [0.29, 0.717) is 17.3 Å². The number of anilines is 1. The molecule has 112 valence electrons. The average molecular weight is 285 g/mol. The van der Waals surface area contributed by atoms with E-state index < -0.39 is 0 Å². The molecule has 3 unspecified atom stereocenters. The van der Waals surface area contributed by atoms with Crippen LogP contribution < -0.4 is 11.1 Å². The predicted molar refractivity (Wildman–Crippen MR) is 86.1 cm³/mol. The fraction of sp³-hybridized carbons (Fsp3) is 0.471. The van der Waals surface area contributed by atoms with E-state index in [1.807, 2.05) is 24.3 Å². The minimum Gasteiger partial charge on any atom is -0.399 e. The summed E-state index contributed by atoms with van der Waals surface area (Å²) in [5.74, 6) is 1.29. The summed E-state index contributed by atoms with van der Waals surface area (Å²) in [6, 6.07) is 7.78. The van der Waals surface area contributed by atoms with Crippen LogP contribution in [0.3, 0.4) is 0 Å². The number of aromatic amines is 1. The Morgan fingerprint density at radius 1 is 1.29 bits per heavy atom. The summed E-state index contributed by atoms with van der Waals surface area (Å²) >= 11 is 0. The average Bonchev–Trinajstić information content (AvgIpc) is 2.85. The van der Waals surface area contributed by atoms with Crippen LogP contribution in [0.25, 0.3) is 10.9 Å². The molecule has 1 fully saturated rings. The van der Waals surface area contributed by atoms with Gasteiger partial charge < -0.3 is 16.0 Å². The van der Waals surface area contributed by atoms with Crippen LogP contribution in [0.15, 0.2) is 24.3 Å². The van der Waals surface area contributed by atoms with E-state index in [2.05, 4.69) is 24.1 Å². The highest BCUT2D eigenvalue weighted by molar-refractivity contribution is 5.98. The molecule has 0 saturated heterocycles. The highest BCUT2D eigenvalue weighted by atomic mass is 16.1. The Bertz CT molecular complexity index is 661. The molecule has 2 aromatic rings. The third kappa shape index (κ3) is 2.89. The monoisotopic (exact) mass is 285 g/mol. The Morgan fingerprint density at radius 2 is 2.10 bits per heavy atom. The van der Waals surface area contributed by atoms with E-state index in [9.17, 15) is 4.79 Å². The maximum Gasteiger partial charge on any atom is 0.267 e. The van der Waals surface area contributed by atoms with E-state index in [4.69, 9.17) is 5.73 Å². The van der Waals surface area contributed by atoms with Gasteiger partial charge in [-0.15, -0.1) is 0 Å². The minimum absolute atomic E-state index is 0.0174. The summed E-state index contributed by atoms with van der Waals surface area (Å²) in [5, 5.41) is 4.16. The van der Waals surface area contributed by atoms with Gasteiger partial charge in [0.15, 0.2) is 0 Å². The second kappa shape index (κ2) is 5.43. The summed E-state index contributed by atoms with van der Waals surface area (Å²) < 4.78 is 0. The van der Waals surface area contributed by atoms with Crippen molar-refractivity contribution < 1.29 is 4.79 Å². The molecule has 1 amide bonds. The Hall–Kier alpha value is -1.97. The molecular weight excluding hydrogens is 262 g/mol. The highest BCUT2D eigenvalue weighted by Crippen LogP contribution is 2.29. The van der Waals surface area contributed by atoms with Crippen molar-refractivity contribution in [2.75, 3.05) is 5.73 Å². The van der Waals surface area contributed by atoms with Gasteiger partial charge in [0.05, 0.1) is 0 Å². The van der Waals surface area contributed by atoms with E-state index in [-0.39, 0.29) is 11.9 Å². The largest absolute Gasteiger partial charge is 0.399 e. The number of carbonyl (C=O) groups is 1. The second-order valence-electron chi connectivity index (χ2n) is 6.51. The number of rotatable bonds is 2. The topological polar surface area (TPSA) is 70.9 Å². The van der Waals surface area contributed by atoms with Gasteiger partial charge in [-0.2, -0.15) is 0 Å². The molecule has 0 bridgehead atoms. The number of hydrogen-bond acceptors (Lipinski definition) is 2. The van der Waals surface area contributed by atoms with Crippen LogP contribution >= 0.6 is 0 Å². The zero-order valence-electron chi connectivity index (χ0n) is 12.6. The zero-order chi connectivity index (χ0) is 15.0. The van der Waals surface area contributed by atoms with Crippen molar-refractivity contribution in [1.29, 1.82) is 0 Å². The number of carbonyl (C=O) groups excluding carboxylic acids is 1. The van der Waals surface area contributed by atoms with Crippen molar-refractivity contribution in [3.63, 3.8) is 0 Å². The molecule has 1 aromatic carbocycles. The number of nitrogens with one attached hydrogen (secondary N) is 2. The van der Waals surface area contributed by atoms with Crippen molar-refractivity contribution in [3.05, 3.63) is 30.0 Å². The molecule has 1 saturated carbocycles. The Morgan fingerprint density at radius 3 is 2.86 bits per heavy atom. The molecule has 21 heavy (non-hydrogen) atoms. The predicted octanol–water partition coefficient (Wildman–Crippen LogP) is 3.30. The molecule has 4 nitrogen and oxygen atoms in total. The first-order valence-corrected chi connectivity index (χ1v) is 7.72. The number of hydrogen-bond donors (Lipinski definition) is 3. The lowest BCUT2D eigenvalue weighted by Crippen LogP contribution is -2.42. The zero-order valence-corrected chi connectivity index (χ0v) is 12.6. The Labute approximate surface area is 125 Å². The molecule has 4 heteroatoms. The number of aromatic nitrogens is 1. The summed E-state index contributed by atoms with van der Waals surface area (Å²) in [7, 11) is 0. The van der Waals surface area contributed by atoms with Gasteiger partial charge in [0.1, 0.15) is 5.69 Å². The molecule has 0 radical (unpaired) electrons. The molecule has 1 aliphatic rings. The number of H-pyrrole nitrogens is 1. The molecule has 1 heterocycles. The molecule has 3 atom stereocenters. The third-order valence-electron chi connectivity index (χ3n) is 4.64. The van der Waals surface area contributed by atoms with Crippen LogP contribution in [0.5, 0.6) is 0 Å². The van der Waals surface area contributed by atoms with Crippen LogP contribution in [0, 0.1) is 11.8 Å². The Kier molecular flexibility index (Phi) is 3.62. The van der Waals surface area contributed by atoms with Crippen LogP contribution in [-0.2, 0) is 0 Å². The van der Waals surface area contributed by atoms with Crippen LogP contribution in [0.1, 0.15) is 43.6 Å². The van der Waals surface area contributed by atoms with Gasteiger partial charge in [-0.05, 0) is 55.4 Å². The standard InChI is InChI=1S/C17H23N3O/c1-10-3-5-14(11(2)7-10)20-17(21)16-9-12-8-13(18)4-6-15(12)19-16/h4,6,8-11,14,19H,3,5,7,18H2,1-2H3,(H,20,21). The number of fused-ring (bicyclic) bond motifs is 1. The van der Waals surface area contributed by atoms with Gasteiger partial charge in [-0.1, -0.05) is 13.8 Å². The minimum atomic E-state index is -0.0174. The van der Waals surface area contributed by atoms with Crippen molar-refractivity contribution in [2.24, 2.45) is 11.8 Å². The lowest BCUT2D eigenvalue weighted by atomic mass is 9.80.